The monoisotopic (exact) mass is 217 g/mol. The molecular weight excluding hydrogens is 198 g/mol. The van der Waals surface area contributed by atoms with Crippen molar-refractivity contribution in [2.45, 2.75) is 19.4 Å². The number of carbonyl (C=O) groups excluding carboxylic acids is 1. The summed E-state index contributed by atoms with van der Waals surface area (Å²) in [6.07, 6.45) is 0. The van der Waals surface area contributed by atoms with Crippen molar-refractivity contribution >= 4 is 5.97 Å². The molecule has 0 saturated carbocycles. The first-order chi connectivity index (χ1) is 7.15. The largest absolute Gasteiger partial charge is 0.465 e. The molecule has 0 amide bonds. The van der Waals surface area contributed by atoms with Crippen LogP contribution < -0.4 is 0 Å². The highest BCUT2D eigenvalue weighted by atomic mass is 16.5. The maximum atomic E-state index is 11.7. The lowest BCUT2D eigenvalue weighted by Gasteiger charge is -2.39. The summed E-state index contributed by atoms with van der Waals surface area (Å²) in [5.74, 6) is -0.366. The Kier molecular flexibility index (Phi) is 4.50. The first kappa shape index (κ1) is 12.4. The Balaban J connectivity index is 2.68. The van der Waals surface area contributed by atoms with Crippen LogP contribution in [0.1, 0.15) is 13.8 Å². The van der Waals surface area contributed by atoms with E-state index in [0.29, 0.717) is 32.9 Å². The van der Waals surface area contributed by atoms with Gasteiger partial charge in [-0.2, -0.15) is 0 Å². The van der Waals surface area contributed by atoms with Crippen molar-refractivity contribution < 1.29 is 19.4 Å². The van der Waals surface area contributed by atoms with Crippen molar-refractivity contribution in [2.75, 3.05) is 39.5 Å². The molecule has 0 bridgehead atoms. The molecule has 0 aliphatic carbocycles. The summed E-state index contributed by atoms with van der Waals surface area (Å²) in [5.41, 5.74) is -0.931. The number of rotatable bonds is 4. The Hall–Kier alpha value is -0.650. The van der Waals surface area contributed by atoms with E-state index in [1.807, 2.05) is 4.90 Å². The van der Waals surface area contributed by atoms with Gasteiger partial charge in [-0.25, -0.2) is 4.79 Å². The van der Waals surface area contributed by atoms with Crippen LogP contribution in [0.5, 0.6) is 0 Å². The Bertz CT molecular complexity index is 215. The molecule has 88 valence electrons. The van der Waals surface area contributed by atoms with Gasteiger partial charge in [0, 0.05) is 13.1 Å². The van der Waals surface area contributed by atoms with Crippen LogP contribution in [0.15, 0.2) is 0 Å². The molecular formula is C10H19NO4. The van der Waals surface area contributed by atoms with Crippen molar-refractivity contribution in [1.82, 2.24) is 4.90 Å². The van der Waals surface area contributed by atoms with Crippen molar-refractivity contribution in [3.63, 3.8) is 0 Å². The van der Waals surface area contributed by atoms with Crippen molar-refractivity contribution in [1.29, 1.82) is 0 Å². The standard InChI is InChI=1S/C10H19NO4/c1-3-15-9(13)10(2,8-12)11-4-6-14-7-5-11/h12H,3-8H2,1-2H3/t10-/m1/s1. The maximum absolute atomic E-state index is 11.7. The van der Waals surface area contributed by atoms with E-state index in [2.05, 4.69) is 0 Å². The summed E-state index contributed by atoms with van der Waals surface area (Å²) >= 11 is 0. The van der Waals surface area contributed by atoms with Gasteiger partial charge in [-0.1, -0.05) is 0 Å². The first-order valence-corrected chi connectivity index (χ1v) is 5.26. The molecule has 0 spiro atoms. The molecule has 1 N–H and O–H groups in total. The van der Waals surface area contributed by atoms with E-state index in [9.17, 15) is 9.90 Å². The van der Waals surface area contributed by atoms with Gasteiger partial charge in [0.05, 0.1) is 26.4 Å². The Morgan fingerprint density at radius 1 is 1.53 bits per heavy atom. The molecule has 0 radical (unpaired) electrons. The number of ether oxygens (including phenoxy) is 2. The van der Waals surface area contributed by atoms with E-state index in [-0.39, 0.29) is 12.6 Å². The normalized spacial score (nSPS) is 22.1. The lowest BCUT2D eigenvalue weighted by Crippen LogP contribution is -2.59. The zero-order chi connectivity index (χ0) is 11.3. The van der Waals surface area contributed by atoms with E-state index in [1.54, 1.807) is 13.8 Å². The molecule has 1 aliphatic heterocycles. The quantitative estimate of drug-likeness (QED) is 0.651. The summed E-state index contributed by atoms with van der Waals surface area (Å²) in [6, 6.07) is 0. The van der Waals surface area contributed by atoms with Crippen LogP contribution in [-0.4, -0.2) is 61.0 Å². The van der Waals surface area contributed by atoms with Gasteiger partial charge >= 0.3 is 5.97 Å². The molecule has 15 heavy (non-hydrogen) atoms. The molecule has 5 nitrogen and oxygen atoms in total. The summed E-state index contributed by atoms with van der Waals surface area (Å²) in [7, 11) is 0. The summed E-state index contributed by atoms with van der Waals surface area (Å²) in [4.78, 5) is 13.6. The van der Waals surface area contributed by atoms with Gasteiger partial charge in [0.1, 0.15) is 5.54 Å². The van der Waals surface area contributed by atoms with E-state index < -0.39 is 5.54 Å². The zero-order valence-corrected chi connectivity index (χ0v) is 9.36. The number of nitrogens with zero attached hydrogens (tertiary/aromatic N) is 1. The third kappa shape index (κ3) is 2.68. The molecule has 1 fully saturated rings. The number of aliphatic hydroxyl groups is 1. The van der Waals surface area contributed by atoms with Gasteiger partial charge in [-0.05, 0) is 13.8 Å². The molecule has 1 aliphatic rings. The lowest BCUT2D eigenvalue weighted by atomic mass is 10.0. The second-order valence-electron chi connectivity index (χ2n) is 3.75. The fraction of sp³-hybridized carbons (Fsp3) is 0.900. The fourth-order valence-electron chi connectivity index (χ4n) is 1.64. The average Bonchev–Trinajstić information content (AvgIpc) is 2.29. The Morgan fingerprint density at radius 3 is 2.60 bits per heavy atom. The van der Waals surface area contributed by atoms with Crippen molar-refractivity contribution in [2.24, 2.45) is 0 Å². The summed E-state index contributed by atoms with van der Waals surface area (Å²) in [5, 5.41) is 9.35. The molecule has 1 atom stereocenters. The number of hydrogen-bond acceptors (Lipinski definition) is 5. The fourth-order valence-corrected chi connectivity index (χ4v) is 1.64. The molecule has 0 aromatic carbocycles. The summed E-state index contributed by atoms with van der Waals surface area (Å²) in [6.45, 7) is 6.05. The topological polar surface area (TPSA) is 59.0 Å². The minimum atomic E-state index is -0.931. The van der Waals surface area contributed by atoms with Crippen LogP contribution in [0.3, 0.4) is 0 Å². The van der Waals surface area contributed by atoms with Gasteiger partial charge < -0.3 is 14.6 Å². The molecule has 5 heteroatoms. The number of carbonyl (C=O) groups is 1. The second-order valence-corrected chi connectivity index (χ2v) is 3.75. The lowest BCUT2D eigenvalue weighted by molar-refractivity contribution is -0.163. The van der Waals surface area contributed by atoms with Gasteiger partial charge in [0.15, 0.2) is 0 Å². The van der Waals surface area contributed by atoms with E-state index >= 15 is 0 Å². The predicted octanol–water partition coefficient (Wildman–Crippen LogP) is -0.367. The minimum Gasteiger partial charge on any atom is -0.465 e. The maximum Gasteiger partial charge on any atom is 0.328 e. The molecule has 0 aromatic rings. The van der Waals surface area contributed by atoms with Crippen molar-refractivity contribution in [3.8, 4) is 0 Å². The van der Waals surface area contributed by atoms with Gasteiger partial charge in [0.25, 0.3) is 0 Å². The number of aliphatic hydroxyl groups excluding tert-OH is 1. The Morgan fingerprint density at radius 2 is 2.13 bits per heavy atom. The van der Waals surface area contributed by atoms with Crippen LogP contribution in [0.25, 0.3) is 0 Å². The van der Waals surface area contributed by atoms with E-state index in [4.69, 9.17) is 9.47 Å². The number of morpholine rings is 1. The van der Waals surface area contributed by atoms with E-state index in [0.717, 1.165) is 0 Å². The highest BCUT2D eigenvalue weighted by molar-refractivity contribution is 5.80. The smallest absolute Gasteiger partial charge is 0.328 e. The Labute approximate surface area is 90.0 Å². The molecule has 0 aromatic heterocycles. The van der Waals surface area contributed by atoms with Gasteiger partial charge in [0.2, 0.25) is 0 Å². The van der Waals surface area contributed by atoms with Crippen LogP contribution in [0.2, 0.25) is 0 Å². The SMILES string of the molecule is CCOC(=O)[C@@](C)(CO)N1CCOCC1. The summed E-state index contributed by atoms with van der Waals surface area (Å²) < 4.78 is 10.2. The molecule has 1 heterocycles. The molecule has 1 saturated heterocycles. The minimum absolute atomic E-state index is 0.230. The third-order valence-corrected chi connectivity index (χ3v) is 2.73. The van der Waals surface area contributed by atoms with E-state index in [1.165, 1.54) is 0 Å². The van der Waals surface area contributed by atoms with Crippen LogP contribution in [0, 0.1) is 0 Å². The zero-order valence-electron chi connectivity index (χ0n) is 9.36. The highest BCUT2D eigenvalue weighted by Gasteiger charge is 2.40. The highest BCUT2D eigenvalue weighted by Crippen LogP contribution is 2.18. The average molecular weight is 217 g/mol. The number of hydrogen-bond donors (Lipinski definition) is 1. The van der Waals surface area contributed by atoms with Crippen LogP contribution >= 0.6 is 0 Å². The third-order valence-electron chi connectivity index (χ3n) is 2.73. The van der Waals surface area contributed by atoms with Gasteiger partial charge in [-0.3, -0.25) is 4.90 Å². The molecule has 1 rings (SSSR count). The van der Waals surface area contributed by atoms with Crippen LogP contribution in [-0.2, 0) is 14.3 Å². The van der Waals surface area contributed by atoms with Crippen molar-refractivity contribution in [3.05, 3.63) is 0 Å². The second kappa shape index (κ2) is 5.44. The van der Waals surface area contributed by atoms with Crippen LogP contribution in [0.4, 0.5) is 0 Å². The number of esters is 1. The first-order valence-electron chi connectivity index (χ1n) is 5.26. The molecule has 0 unspecified atom stereocenters. The predicted molar refractivity (Wildman–Crippen MR) is 54.5 cm³/mol. The van der Waals surface area contributed by atoms with Gasteiger partial charge in [-0.15, -0.1) is 0 Å².